The summed E-state index contributed by atoms with van der Waals surface area (Å²) < 4.78 is 24.8. The van der Waals surface area contributed by atoms with Crippen molar-refractivity contribution in [2.24, 2.45) is 5.73 Å². The molecule has 0 aromatic heterocycles. The Morgan fingerprint density at radius 2 is 2.06 bits per heavy atom. The zero-order chi connectivity index (χ0) is 12.3. The fraction of sp³-hybridized carbons (Fsp3) is 0.455. The van der Waals surface area contributed by atoms with Crippen molar-refractivity contribution in [2.75, 3.05) is 11.0 Å². The van der Waals surface area contributed by atoms with Gasteiger partial charge in [-0.15, -0.1) is 0 Å². The molecule has 1 aromatic carbocycles. The van der Waals surface area contributed by atoms with E-state index in [2.05, 4.69) is 4.72 Å². The van der Waals surface area contributed by atoms with Gasteiger partial charge in [0.2, 0.25) is 10.0 Å². The number of nitrogens with one attached hydrogen (secondary N) is 1. The van der Waals surface area contributed by atoms with Crippen molar-refractivity contribution in [3.63, 3.8) is 0 Å². The maximum Gasteiger partial charge on any atom is 0.229 e. The molecule has 0 bridgehead atoms. The molecule has 0 amide bonds. The molecule has 90 valence electrons. The van der Waals surface area contributed by atoms with Gasteiger partial charge in [0, 0.05) is 6.04 Å². The van der Waals surface area contributed by atoms with Gasteiger partial charge < -0.3 is 5.73 Å². The second-order valence-electron chi connectivity index (χ2n) is 3.93. The lowest BCUT2D eigenvalue weighted by Gasteiger charge is -2.13. The Balaban J connectivity index is 3.12. The van der Waals surface area contributed by atoms with Gasteiger partial charge in [-0.25, -0.2) is 8.42 Å². The largest absolute Gasteiger partial charge is 0.324 e. The van der Waals surface area contributed by atoms with E-state index in [9.17, 15) is 8.42 Å². The average Bonchev–Trinajstić information content (AvgIpc) is 2.15. The van der Waals surface area contributed by atoms with Crippen LogP contribution < -0.4 is 10.5 Å². The van der Waals surface area contributed by atoms with Crippen molar-refractivity contribution < 1.29 is 8.42 Å². The van der Waals surface area contributed by atoms with Crippen LogP contribution in [0.1, 0.15) is 31.0 Å². The van der Waals surface area contributed by atoms with Crippen LogP contribution >= 0.6 is 0 Å². The highest BCUT2D eigenvalue weighted by molar-refractivity contribution is 7.92. The minimum atomic E-state index is -3.22. The third-order valence-corrected chi connectivity index (χ3v) is 2.92. The number of benzene rings is 1. The number of rotatable bonds is 4. The predicted molar refractivity (Wildman–Crippen MR) is 66.9 cm³/mol. The highest BCUT2D eigenvalue weighted by Gasteiger charge is 2.08. The number of nitrogens with two attached hydrogens (primary N) is 1. The number of sulfonamides is 1. The van der Waals surface area contributed by atoms with Crippen LogP contribution in [-0.4, -0.2) is 14.7 Å². The van der Waals surface area contributed by atoms with Crippen molar-refractivity contribution in [1.29, 1.82) is 0 Å². The third-order valence-electron chi connectivity index (χ3n) is 2.33. The number of hydrogen-bond donors (Lipinski definition) is 2. The first-order valence-electron chi connectivity index (χ1n) is 5.19. The molecular formula is C11H18N2O2S. The van der Waals surface area contributed by atoms with Crippen molar-refractivity contribution in [3.05, 3.63) is 29.3 Å². The molecule has 0 radical (unpaired) electrons. The Morgan fingerprint density at radius 1 is 1.44 bits per heavy atom. The molecule has 16 heavy (non-hydrogen) atoms. The quantitative estimate of drug-likeness (QED) is 0.843. The third kappa shape index (κ3) is 3.50. The van der Waals surface area contributed by atoms with E-state index in [1.165, 1.54) is 0 Å². The lowest BCUT2D eigenvalue weighted by molar-refractivity contribution is 0.606. The molecule has 0 fully saturated rings. The molecule has 0 heterocycles. The van der Waals surface area contributed by atoms with Crippen molar-refractivity contribution >= 4 is 15.7 Å². The molecule has 0 aliphatic heterocycles. The fourth-order valence-corrected chi connectivity index (χ4v) is 2.09. The van der Waals surface area contributed by atoms with E-state index in [-0.39, 0.29) is 6.04 Å². The van der Waals surface area contributed by atoms with Gasteiger partial charge in [0.1, 0.15) is 0 Å². The number of aryl methyl sites for hydroxylation is 1. The zero-order valence-electron chi connectivity index (χ0n) is 9.82. The van der Waals surface area contributed by atoms with Gasteiger partial charge in [-0.2, -0.15) is 0 Å². The lowest BCUT2D eigenvalue weighted by Crippen LogP contribution is -2.12. The van der Waals surface area contributed by atoms with Gasteiger partial charge in [-0.1, -0.05) is 19.1 Å². The summed E-state index contributed by atoms with van der Waals surface area (Å²) in [4.78, 5) is 0. The summed E-state index contributed by atoms with van der Waals surface area (Å²) in [6.45, 7) is 3.88. The summed E-state index contributed by atoms with van der Waals surface area (Å²) in [5.74, 6) is 0. The van der Waals surface area contributed by atoms with Crippen LogP contribution in [0.2, 0.25) is 0 Å². The molecule has 5 heteroatoms. The lowest BCUT2D eigenvalue weighted by atomic mass is 10.0. The molecule has 1 aromatic rings. The minimum absolute atomic E-state index is 0.0439. The smallest absolute Gasteiger partial charge is 0.229 e. The Morgan fingerprint density at radius 3 is 2.50 bits per heavy atom. The van der Waals surface area contributed by atoms with Crippen molar-refractivity contribution in [1.82, 2.24) is 0 Å². The Labute approximate surface area is 96.9 Å². The SMILES string of the molecule is CCc1cc([C@@H](C)N)ccc1NS(C)(=O)=O. The van der Waals surface area contributed by atoms with Crippen LogP contribution in [0.15, 0.2) is 18.2 Å². The normalized spacial score (nSPS) is 13.5. The zero-order valence-corrected chi connectivity index (χ0v) is 10.6. The van der Waals surface area contributed by atoms with Crippen LogP contribution in [0.3, 0.4) is 0 Å². The molecule has 0 saturated heterocycles. The molecule has 0 aliphatic rings. The molecule has 0 unspecified atom stereocenters. The number of anilines is 1. The Kier molecular flexibility index (Phi) is 3.93. The van der Waals surface area contributed by atoms with Crippen LogP contribution in [0.4, 0.5) is 5.69 Å². The second kappa shape index (κ2) is 4.84. The van der Waals surface area contributed by atoms with E-state index in [1.54, 1.807) is 6.07 Å². The van der Waals surface area contributed by atoms with Crippen molar-refractivity contribution in [3.8, 4) is 0 Å². The molecule has 0 aliphatic carbocycles. The van der Waals surface area contributed by atoms with Gasteiger partial charge >= 0.3 is 0 Å². The molecular weight excluding hydrogens is 224 g/mol. The summed E-state index contributed by atoms with van der Waals surface area (Å²) >= 11 is 0. The first-order valence-corrected chi connectivity index (χ1v) is 7.09. The van der Waals surface area contributed by atoms with Gasteiger partial charge in [0.25, 0.3) is 0 Å². The van der Waals surface area contributed by atoms with Gasteiger partial charge in [-0.05, 0) is 30.5 Å². The monoisotopic (exact) mass is 242 g/mol. The summed E-state index contributed by atoms with van der Waals surface area (Å²) in [5, 5.41) is 0. The summed E-state index contributed by atoms with van der Waals surface area (Å²) in [7, 11) is -3.22. The summed E-state index contributed by atoms with van der Waals surface area (Å²) in [6.07, 6.45) is 1.91. The van der Waals surface area contributed by atoms with E-state index in [0.29, 0.717) is 5.69 Å². The highest BCUT2D eigenvalue weighted by Crippen LogP contribution is 2.21. The van der Waals surface area contributed by atoms with E-state index in [1.807, 2.05) is 26.0 Å². The second-order valence-corrected chi connectivity index (χ2v) is 5.68. The van der Waals surface area contributed by atoms with E-state index in [0.717, 1.165) is 23.8 Å². The minimum Gasteiger partial charge on any atom is -0.324 e. The van der Waals surface area contributed by atoms with E-state index < -0.39 is 10.0 Å². The maximum absolute atomic E-state index is 11.2. The molecule has 1 rings (SSSR count). The molecule has 1 atom stereocenters. The van der Waals surface area contributed by atoms with Crippen molar-refractivity contribution in [2.45, 2.75) is 26.3 Å². The van der Waals surface area contributed by atoms with E-state index in [4.69, 9.17) is 5.73 Å². The molecule has 4 nitrogen and oxygen atoms in total. The van der Waals surface area contributed by atoms with Crippen LogP contribution in [0, 0.1) is 0 Å². The first kappa shape index (κ1) is 13.0. The van der Waals surface area contributed by atoms with E-state index >= 15 is 0 Å². The molecule has 0 spiro atoms. The van der Waals surface area contributed by atoms with Crippen LogP contribution in [-0.2, 0) is 16.4 Å². The van der Waals surface area contributed by atoms with Crippen LogP contribution in [0.25, 0.3) is 0 Å². The van der Waals surface area contributed by atoms with Gasteiger partial charge in [0.05, 0.1) is 11.9 Å². The van der Waals surface area contributed by atoms with Gasteiger partial charge in [-0.3, -0.25) is 4.72 Å². The molecule has 3 N–H and O–H groups in total. The topological polar surface area (TPSA) is 72.2 Å². The highest BCUT2D eigenvalue weighted by atomic mass is 32.2. The Hall–Kier alpha value is -1.07. The Bertz CT molecular complexity index is 467. The predicted octanol–water partition coefficient (Wildman–Crippen LogP) is 1.64. The summed E-state index contributed by atoms with van der Waals surface area (Å²) in [6, 6.07) is 5.51. The number of hydrogen-bond acceptors (Lipinski definition) is 3. The fourth-order valence-electron chi connectivity index (χ4n) is 1.49. The average molecular weight is 242 g/mol. The maximum atomic E-state index is 11.2. The molecule has 0 saturated carbocycles. The standard InChI is InChI=1S/C11H18N2O2S/c1-4-9-7-10(8(2)12)5-6-11(9)13-16(3,14)15/h5-8,13H,4,12H2,1-3H3/t8-/m1/s1. The van der Waals surface area contributed by atoms with Gasteiger partial charge in [0.15, 0.2) is 0 Å². The van der Waals surface area contributed by atoms with Crippen LogP contribution in [0.5, 0.6) is 0 Å². The first-order chi connectivity index (χ1) is 7.33. The summed E-state index contributed by atoms with van der Waals surface area (Å²) in [5.41, 5.74) is 8.38.